The number of benzene rings is 2. The molecule has 0 spiro atoms. The average Bonchev–Trinajstić information content (AvgIpc) is 2.42. The normalized spacial score (nSPS) is 12.4. The van der Waals surface area contributed by atoms with Crippen LogP contribution < -0.4 is 5.32 Å². The van der Waals surface area contributed by atoms with Crippen LogP contribution in [0.1, 0.15) is 17.2 Å². The second-order valence-electron chi connectivity index (χ2n) is 4.31. The summed E-state index contributed by atoms with van der Waals surface area (Å²) in [5.41, 5.74) is 2.20. The van der Waals surface area contributed by atoms with Crippen LogP contribution >= 0.6 is 34.8 Å². The van der Waals surface area contributed by atoms with Crippen molar-refractivity contribution in [3.63, 3.8) is 0 Å². The molecule has 0 aromatic heterocycles. The van der Waals surface area contributed by atoms with Gasteiger partial charge in [-0.2, -0.15) is 0 Å². The Hall–Kier alpha value is -0.730. The minimum Gasteiger partial charge on any atom is -0.313 e. The first-order valence-electron chi connectivity index (χ1n) is 5.97. The van der Waals surface area contributed by atoms with Crippen LogP contribution in [-0.2, 0) is 6.42 Å². The first-order chi connectivity index (χ1) is 9.11. The van der Waals surface area contributed by atoms with E-state index in [9.17, 15) is 0 Å². The van der Waals surface area contributed by atoms with E-state index in [-0.39, 0.29) is 6.04 Å². The first-order valence-corrected chi connectivity index (χ1v) is 7.11. The molecule has 100 valence electrons. The molecule has 0 aliphatic heterocycles. The molecule has 0 saturated carbocycles. The molecular formula is C15H14Cl3N. The molecule has 0 bridgehead atoms. The quantitative estimate of drug-likeness (QED) is 0.823. The van der Waals surface area contributed by atoms with E-state index >= 15 is 0 Å². The van der Waals surface area contributed by atoms with E-state index in [1.54, 1.807) is 6.07 Å². The predicted molar refractivity (Wildman–Crippen MR) is 83.4 cm³/mol. The van der Waals surface area contributed by atoms with E-state index < -0.39 is 0 Å². The standard InChI is InChI=1S/C15H14Cl3N/c1-19-14(10-5-7-12(16)8-6-10)9-11-3-2-4-13(17)15(11)18/h2-8,14,19H,9H2,1H3. The van der Waals surface area contributed by atoms with Gasteiger partial charge in [-0.15, -0.1) is 0 Å². The monoisotopic (exact) mass is 313 g/mol. The van der Waals surface area contributed by atoms with Gasteiger partial charge in [-0.1, -0.05) is 59.1 Å². The lowest BCUT2D eigenvalue weighted by molar-refractivity contribution is 0.592. The Morgan fingerprint density at radius 3 is 2.32 bits per heavy atom. The van der Waals surface area contributed by atoms with E-state index in [1.165, 1.54) is 5.56 Å². The van der Waals surface area contributed by atoms with Gasteiger partial charge in [-0.3, -0.25) is 0 Å². The number of nitrogens with one attached hydrogen (secondary N) is 1. The Labute approximate surface area is 128 Å². The lowest BCUT2D eigenvalue weighted by Gasteiger charge is -2.18. The molecule has 1 unspecified atom stereocenters. The van der Waals surface area contributed by atoms with Gasteiger partial charge < -0.3 is 5.32 Å². The number of halogens is 3. The zero-order valence-electron chi connectivity index (χ0n) is 10.5. The Morgan fingerprint density at radius 1 is 1.00 bits per heavy atom. The molecular weight excluding hydrogens is 301 g/mol. The van der Waals surface area contributed by atoms with Crippen molar-refractivity contribution in [1.29, 1.82) is 0 Å². The second-order valence-corrected chi connectivity index (χ2v) is 5.53. The summed E-state index contributed by atoms with van der Waals surface area (Å²) in [7, 11) is 1.93. The summed E-state index contributed by atoms with van der Waals surface area (Å²) in [6.45, 7) is 0. The molecule has 2 aromatic rings. The van der Waals surface area contributed by atoms with Gasteiger partial charge in [0.15, 0.2) is 0 Å². The third-order valence-electron chi connectivity index (χ3n) is 3.08. The maximum atomic E-state index is 6.23. The maximum Gasteiger partial charge on any atom is 0.0624 e. The van der Waals surface area contributed by atoms with E-state index in [2.05, 4.69) is 5.32 Å². The van der Waals surface area contributed by atoms with E-state index in [0.717, 1.165) is 17.0 Å². The smallest absolute Gasteiger partial charge is 0.0624 e. The average molecular weight is 315 g/mol. The summed E-state index contributed by atoms with van der Waals surface area (Å²) in [5.74, 6) is 0. The molecule has 0 aliphatic carbocycles. The van der Waals surface area contributed by atoms with Crippen molar-refractivity contribution in [3.8, 4) is 0 Å². The Morgan fingerprint density at radius 2 is 1.68 bits per heavy atom. The van der Waals surface area contributed by atoms with Crippen LogP contribution in [0.15, 0.2) is 42.5 Å². The van der Waals surface area contributed by atoms with Crippen LogP contribution in [0.5, 0.6) is 0 Å². The molecule has 1 N–H and O–H groups in total. The van der Waals surface area contributed by atoms with Crippen LogP contribution in [0.2, 0.25) is 15.1 Å². The molecule has 0 aliphatic rings. The highest BCUT2D eigenvalue weighted by atomic mass is 35.5. The van der Waals surface area contributed by atoms with Crippen LogP contribution in [0.4, 0.5) is 0 Å². The zero-order chi connectivity index (χ0) is 13.8. The highest BCUT2D eigenvalue weighted by Crippen LogP contribution is 2.29. The van der Waals surface area contributed by atoms with Gasteiger partial charge in [0.05, 0.1) is 10.0 Å². The largest absolute Gasteiger partial charge is 0.313 e. The molecule has 0 amide bonds. The summed E-state index contributed by atoms with van der Waals surface area (Å²) in [4.78, 5) is 0. The van der Waals surface area contributed by atoms with E-state index in [4.69, 9.17) is 34.8 Å². The van der Waals surface area contributed by atoms with Crippen LogP contribution in [0.3, 0.4) is 0 Å². The molecule has 2 rings (SSSR count). The van der Waals surface area contributed by atoms with Crippen LogP contribution in [0, 0.1) is 0 Å². The first kappa shape index (κ1) is 14.7. The molecule has 2 aromatic carbocycles. The van der Waals surface area contributed by atoms with E-state index in [1.807, 2.05) is 43.4 Å². The van der Waals surface area contributed by atoms with Gasteiger partial charge in [-0.25, -0.2) is 0 Å². The van der Waals surface area contributed by atoms with Gasteiger partial charge in [0.25, 0.3) is 0 Å². The molecule has 0 saturated heterocycles. The summed E-state index contributed by atoms with van der Waals surface area (Å²) >= 11 is 18.2. The van der Waals surface area contributed by atoms with Gasteiger partial charge in [0.2, 0.25) is 0 Å². The lowest BCUT2D eigenvalue weighted by atomic mass is 9.99. The minimum absolute atomic E-state index is 0.174. The molecule has 0 radical (unpaired) electrons. The third-order valence-corrected chi connectivity index (χ3v) is 4.19. The summed E-state index contributed by atoms with van der Waals surface area (Å²) < 4.78 is 0. The van der Waals surface area contributed by atoms with Crippen molar-refractivity contribution in [2.75, 3.05) is 7.05 Å². The Kier molecular flexibility index (Phi) is 5.12. The van der Waals surface area contributed by atoms with Gasteiger partial charge in [0, 0.05) is 11.1 Å². The lowest BCUT2D eigenvalue weighted by Crippen LogP contribution is -2.18. The summed E-state index contributed by atoms with van der Waals surface area (Å²) in [6, 6.07) is 13.7. The van der Waals surface area contributed by atoms with Gasteiger partial charge >= 0.3 is 0 Å². The predicted octanol–water partition coefficient (Wildman–Crippen LogP) is 5.15. The third kappa shape index (κ3) is 3.64. The highest BCUT2D eigenvalue weighted by molar-refractivity contribution is 6.42. The molecule has 1 atom stereocenters. The molecule has 0 heterocycles. The minimum atomic E-state index is 0.174. The van der Waals surface area contributed by atoms with Crippen molar-refractivity contribution in [1.82, 2.24) is 5.32 Å². The van der Waals surface area contributed by atoms with Crippen molar-refractivity contribution in [2.24, 2.45) is 0 Å². The fourth-order valence-electron chi connectivity index (χ4n) is 2.01. The van der Waals surface area contributed by atoms with Crippen molar-refractivity contribution >= 4 is 34.8 Å². The van der Waals surface area contributed by atoms with E-state index in [0.29, 0.717) is 10.0 Å². The zero-order valence-corrected chi connectivity index (χ0v) is 12.7. The maximum absolute atomic E-state index is 6.23. The highest BCUT2D eigenvalue weighted by Gasteiger charge is 2.13. The molecule has 4 heteroatoms. The summed E-state index contributed by atoms with van der Waals surface area (Å²) in [5, 5.41) is 5.24. The van der Waals surface area contributed by atoms with Crippen molar-refractivity contribution in [2.45, 2.75) is 12.5 Å². The molecule has 1 nitrogen and oxygen atoms in total. The van der Waals surface area contributed by atoms with Gasteiger partial charge in [-0.05, 0) is 42.8 Å². The number of likely N-dealkylation sites (N-methyl/N-ethyl adjacent to an activating group) is 1. The Balaban J connectivity index is 2.24. The topological polar surface area (TPSA) is 12.0 Å². The van der Waals surface area contributed by atoms with Crippen LogP contribution in [0.25, 0.3) is 0 Å². The van der Waals surface area contributed by atoms with Crippen molar-refractivity contribution < 1.29 is 0 Å². The number of rotatable bonds is 4. The summed E-state index contributed by atoms with van der Waals surface area (Å²) in [6.07, 6.45) is 0.775. The SMILES string of the molecule is CNC(Cc1cccc(Cl)c1Cl)c1ccc(Cl)cc1. The fraction of sp³-hybridized carbons (Fsp3) is 0.200. The van der Waals surface area contributed by atoms with Crippen molar-refractivity contribution in [3.05, 3.63) is 68.7 Å². The number of hydrogen-bond acceptors (Lipinski definition) is 1. The molecule has 0 fully saturated rings. The second kappa shape index (κ2) is 6.62. The Bertz CT molecular complexity index is 552. The molecule has 19 heavy (non-hydrogen) atoms. The fourth-order valence-corrected chi connectivity index (χ4v) is 2.53. The number of hydrogen-bond donors (Lipinski definition) is 1. The van der Waals surface area contributed by atoms with Crippen LogP contribution in [-0.4, -0.2) is 7.05 Å². The van der Waals surface area contributed by atoms with Gasteiger partial charge in [0.1, 0.15) is 0 Å².